The predicted octanol–water partition coefficient (Wildman–Crippen LogP) is 2.17. The fourth-order valence-electron chi connectivity index (χ4n) is 2.31. The molecule has 0 spiro atoms. The number of carbonyl (C=O) groups excluding carboxylic acids is 1. The van der Waals surface area contributed by atoms with Crippen LogP contribution in [0.3, 0.4) is 0 Å². The molecule has 20 heavy (non-hydrogen) atoms. The number of hydrogen-bond acceptors (Lipinski definition) is 2. The second-order valence-electron chi connectivity index (χ2n) is 4.76. The number of rotatable bonds is 6. The zero-order chi connectivity index (χ0) is 13.7. The molecule has 1 aromatic heterocycles. The zero-order valence-corrected chi connectivity index (χ0v) is 12.8. The molecule has 0 aliphatic rings. The van der Waals surface area contributed by atoms with Crippen molar-refractivity contribution >= 4 is 29.2 Å². The number of hydrogen-bond donors (Lipinski definition) is 3. The Labute approximate surface area is 125 Å². The third kappa shape index (κ3) is 3.99. The minimum absolute atomic E-state index is 0. The van der Waals surface area contributed by atoms with Gasteiger partial charge in [0.05, 0.1) is 0 Å². The minimum atomic E-state index is 0. The molecule has 2 aromatic rings. The molecule has 0 radical (unpaired) electrons. The van der Waals surface area contributed by atoms with Crippen LogP contribution in [0.4, 0.5) is 0 Å². The number of nitrogens with one attached hydrogen (secondary N) is 3. The summed E-state index contributed by atoms with van der Waals surface area (Å²) in [5, 5.41) is 7.20. The van der Waals surface area contributed by atoms with E-state index in [0.717, 1.165) is 18.5 Å². The van der Waals surface area contributed by atoms with Gasteiger partial charge in [-0.2, -0.15) is 0 Å². The van der Waals surface area contributed by atoms with E-state index in [4.69, 9.17) is 0 Å². The molecule has 0 bridgehead atoms. The normalized spacial score (nSPS) is 10.3. The van der Waals surface area contributed by atoms with Crippen molar-refractivity contribution in [2.45, 2.75) is 19.8 Å². The van der Waals surface area contributed by atoms with Crippen LogP contribution >= 0.6 is 12.4 Å². The van der Waals surface area contributed by atoms with Crippen molar-refractivity contribution in [3.05, 3.63) is 35.5 Å². The fraction of sp³-hybridized carbons (Fsp3) is 0.400. The Bertz CT molecular complexity index is 565. The predicted molar refractivity (Wildman–Crippen MR) is 85.5 cm³/mol. The van der Waals surface area contributed by atoms with Gasteiger partial charge >= 0.3 is 0 Å². The number of H-pyrrole nitrogens is 1. The fourth-order valence-corrected chi connectivity index (χ4v) is 2.31. The average Bonchev–Trinajstić information content (AvgIpc) is 2.81. The lowest BCUT2D eigenvalue weighted by Crippen LogP contribution is -2.28. The SMILES string of the molecule is CNCCC(=O)NCCc1c[nH]c2cccc(C)c12.Cl. The van der Waals surface area contributed by atoms with Crippen LogP contribution in [0, 0.1) is 6.92 Å². The summed E-state index contributed by atoms with van der Waals surface area (Å²) in [6.45, 7) is 3.52. The van der Waals surface area contributed by atoms with Crippen LogP contribution in [0.25, 0.3) is 10.9 Å². The molecule has 0 aliphatic heterocycles. The van der Waals surface area contributed by atoms with Gasteiger partial charge in [-0.3, -0.25) is 4.79 Å². The Morgan fingerprint density at radius 2 is 2.10 bits per heavy atom. The Balaban J connectivity index is 0.00000200. The topological polar surface area (TPSA) is 56.9 Å². The van der Waals surface area contributed by atoms with E-state index < -0.39 is 0 Å². The van der Waals surface area contributed by atoms with E-state index >= 15 is 0 Å². The van der Waals surface area contributed by atoms with E-state index in [1.165, 1.54) is 16.5 Å². The highest BCUT2D eigenvalue weighted by molar-refractivity contribution is 5.86. The van der Waals surface area contributed by atoms with Crippen molar-refractivity contribution in [1.29, 1.82) is 0 Å². The highest BCUT2D eigenvalue weighted by Gasteiger charge is 2.06. The third-order valence-corrected chi connectivity index (χ3v) is 3.31. The lowest BCUT2D eigenvalue weighted by molar-refractivity contribution is -0.120. The first-order chi connectivity index (χ1) is 9.22. The summed E-state index contributed by atoms with van der Waals surface area (Å²) in [6, 6.07) is 6.25. The Morgan fingerprint density at radius 1 is 1.30 bits per heavy atom. The van der Waals surface area contributed by atoms with Crippen LogP contribution < -0.4 is 10.6 Å². The van der Waals surface area contributed by atoms with Gasteiger partial charge in [-0.05, 0) is 37.6 Å². The average molecular weight is 296 g/mol. The summed E-state index contributed by atoms with van der Waals surface area (Å²) in [7, 11) is 1.85. The standard InChI is InChI=1S/C15H21N3O.ClH/c1-11-4-3-5-13-15(11)12(10-18-13)6-9-17-14(19)7-8-16-2;/h3-5,10,16,18H,6-9H2,1-2H3,(H,17,19);1H. The highest BCUT2D eigenvalue weighted by atomic mass is 35.5. The molecule has 1 aromatic carbocycles. The molecule has 0 atom stereocenters. The number of carbonyl (C=O) groups is 1. The van der Waals surface area contributed by atoms with Crippen LogP contribution in [0.1, 0.15) is 17.5 Å². The van der Waals surface area contributed by atoms with Crippen molar-refractivity contribution in [3.8, 4) is 0 Å². The van der Waals surface area contributed by atoms with Crippen LogP contribution in [-0.2, 0) is 11.2 Å². The van der Waals surface area contributed by atoms with Gasteiger partial charge in [0.1, 0.15) is 0 Å². The lowest BCUT2D eigenvalue weighted by Gasteiger charge is -2.05. The van der Waals surface area contributed by atoms with Gasteiger partial charge < -0.3 is 15.6 Å². The zero-order valence-electron chi connectivity index (χ0n) is 12.0. The molecule has 4 nitrogen and oxygen atoms in total. The van der Waals surface area contributed by atoms with Crippen LogP contribution in [0.15, 0.2) is 24.4 Å². The number of aryl methyl sites for hydroxylation is 1. The van der Waals surface area contributed by atoms with Gasteiger partial charge in [0, 0.05) is 36.6 Å². The first-order valence-electron chi connectivity index (χ1n) is 6.69. The molecule has 2 rings (SSSR count). The summed E-state index contributed by atoms with van der Waals surface area (Å²) >= 11 is 0. The second kappa shape index (κ2) is 7.92. The maximum absolute atomic E-state index is 11.5. The molecule has 0 unspecified atom stereocenters. The smallest absolute Gasteiger partial charge is 0.221 e. The van der Waals surface area contributed by atoms with Crippen molar-refractivity contribution < 1.29 is 4.79 Å². The molecule has 110 valence electrons. The molecule has 3 N–H and O–H groups in total. The third-order valence-electron chi connectivity index (χ3n) is 3.31. The van der Waals surface area contributed by atoms with Crippen molar-refractivity contribution in [3.63, 3.8) is 0 Å². The number of halogens is 1. The number of aromatic amines is 1. The molecule has 0 aliphatic carbocycles. The summed E-state index contributed by atoms with van der Waals surface area (Å²) in [5.41, 5.74) is 3.70. The largest absolute Gasteiger partial charge is 0.361 e. The molecule has 5 heteroatoms. The van der Waals surface area contributed by atoms with Gasteiger partial charge in [0.15, 0.2) is 0 Å². The summed E-state index contributed by atoms with van der Waals surface area (Å²) < 4.78 is 0. The van der Waals surface area contributed by atoms with E-state index in [1.807, 2.05) is 13.2 Å². The van der Waals surface area contributed by atoms with Crippen LogP contribution in [0.5, 0.6) is 0 Å². The van der Waals surface area contributed by atoms with Gasteiger partial charge in [-0.1, -0.05) is 12.1 Å². The Morgan fingerprint density at radius 3 is 2.85 bits per heavy atom. The van der Waals surface area contributed by atoms with E-state index in [0.29, 0.717) is 13.0 Å². The molecule has 0 saturated carbocycles. The van der Waals surface area contributed by atoms with Gasteiger partial charge in [0.25, 0.3) is 0 Å². The maximum atomic E-state index is 11.5. The summed E-state index contributed by atoms with van der Waals surface area (Å²) in [6.07, 6.45) is 3.43. The van der Waals surface area contributed by atoms with Crippen molar-refractivity contribution in [2.24, 2.45) is 0 Å². The first-order valence-corrected chi connectivity index (χ1v) is 6.69. The summed E-state index contributed by atoms with van der Waals surface area (Å²) in [5.74, 6) is 0.103. The molecular weight excluding hydrogens is 274 g/mol. The first kappa shape index (κ1) is 16.5. The molecule has 0 fully saturated rings. The Hall–Kier alpha value is -1.52. The van der Waals surface area contributed by atoms with Gasteiger partial charge in [0.2, 0.25) is 5.91 Å². The van der Waals surface area contributed by atoms with Crippen LogP contribution in [-0.4, -0.2) is 31.0 Å². The molecule has 0 saturated heterocycles. The van der Waals surface area contributed by atoms with E-state index in [2.05, 4.69) is 40.7 Å². The molecule has 1 heterocycles. The number of amides is 1. The van der Waals surface area contributed by atoms with E-state index in [-0.39, 0.29) is 18.3 Å². The lowest BCUT2D eigenvalue weighted by atomic mass is 10.1. The summed E-state index contributed by atoms with van der Waals surface area (Å²) in [4.78, 5) is 14.8. The number of aromatic nitrogens is 1. The second-order valence-corrected chi connectivity index (χ2v) is 4.76. The molecule has 1 amide bonds. The van der Waals surface area contributed by atoms with Crippen molar-refractivity contribution in [2.75, 3.05) is 20.1 Å². The monoisotopic (exact) mass is 295 g/mol. The minimum Gasteiger partial charge on any atom is -0.361 e. The van der Waals surface area contributed by atoms with Crippen LogP contribution in [0.2, 0.25) is 0 Å². The van der Waals surface area contributed by atoms with E-state index in [1.54, 1.807) is 0 Å². The number of benzene rings is 1. The maximum Gasteiger partial charge on any atom is 0.221 e. The number of fused-ring (bicyclic) bond motifs is 1. The van der Waals surface area contributed by atoms with Gasteiger partial charge in [-0.15, -0.1) is 12.4 Å². The molecular formula is C15H22ClN3O. The van der Waals surface area contributed by atoms with Gasteiger partial charge in [-0.25, -0.2) is 0 Å². The van der Waals surface area contributed by atoms with Crippen molar-refractivity contribution in [1.82, 2.24) is 15.6 Å². The Kier molecular flexibility index (Phi) is 6.55. The highest BCUT2D eigenvalue weighted by Crippen LogP contribution is 2.22. The quantitative estimate of drug-likeness (QED) is 0.765. The van der Waals surface area contributed by atoms with E-state index in [9.17, 15) is 4.79 Å².